The van der Waals surface area contributed by atoms with Crippen molar-refractivity contribution in [3.8, 4) is 0 Å². The average molecular weight is 386 g/mol. The second kappa shape index (κ2) is 7.10. The third-order valence-electron chi connectivity index (χ3n) is 4.19. The van der Waals surface area contributed by atoms with Gasteiger partial charge in [-0.25, -0.2) is 26.6 Å². The van der Waals surface area contributed by atoms with Crippen molar-refractivity contribution in [2.45, 2.75) is 19.4 Å². The van der Waals surface area contributed by atoms with Crippen LogP contribution in [0.1, 0.15) is 13.3 Å². The zero-order valence-electron chi connectivity index (χ0n) is 13.9. The molecule has 1 aliphatic rings. The molecule has 0 radical (unpaired) electrons. The highest BCUT2D eigenvalue weighted by Gasteiger charge is 2.32. The van der Waals surface area contributed by atoms with Crippen LogP contribution in [0.5, 0.6) is 0 Å². The molecule has 1 fully saturated rings. The molecular formula is C16H17F3N4O2S. The molecule has 0 aliphatic carbocycles. The number of nitrogens with one attached hydrogen (secondary N) is 1. The van der Waals surface area contributed by atoms with E-state index in [1.165, 1.54) is 12.3 Å². The predicted octanol–water partition coefficient (Wildman–Crippen LogP) is 2.65. The zero-order chi connectivity index (χ0) is 18.9. The lowest BCUT2D eigenvalue weighted by atomic mass is 10.2. The van der Waals surface area contributed by atoms with Crippen LogP contribution in [0.4, 0.5) is 30.6 Å². The Morgan fingerprint density at radius 3 is 2.65 bits per heavy atom. The smallest absolute Gasteiger partial charge is 0.227 e. The van der Waals surface area contributed by atoms with Crippen LogP contribution in [0, 0.1) is 17.5 Å². The fourth-order valence-electron chi connectivity index (χ4n) is 2.90. The van der Waals surface area contributed by atoms with Gasteiger partial charge in [0, 0.05) is 18.8 Å². The van der Waals surface area contributed by atoms with E-state index in [9.17, 15) is 21.6 Å². The van der Waals surface area contributed by atoms with E-state index < -0.39 is 27.3 Å². The highest BCUT2D eigenvalue weighted by atomic mass is 32.2. The highest BCUT2D eigenvalue weighted by Crippen LogP contribution is 2.25. The van der Waals surface area contributed by atoms with Gasteiger partial charge < -0.3 is 10.2 Å². The largest absolute Gasteiger partial charge is 0.338 e. The van der Waals surface area contributed by atoms with Crippen LogP contribution in [-0.2, 0) is 9.84 Å². The molecule has 0 saturated carbocycles. The predicted molar refractivity (Wildman–Crippen MR) is 91.7 cm³/mol. The van der Waals surface area contributed by atoms with Crippen LogP contribution < -0.4 is 10.2 Å². The van der Waals surface area contributed by atoms with Crippen molar-refractivity contribution in [1.29, 1.82) is 0 Å². The summed E-state index contributed by atoms with van der Waals surface area (Å²) in [7, 11) is -3.07. The van der Waals surface area contributed by atoms with Crippen LogP contribution in [0.25, 0.3) is 0 Å². The fourth-order valence-corrected chi connectivity index (χ4v) is 4.63. The third kappa shape index (κ3) is 3.74. The van der Waals surface area contributed by atoms with E-state index in [1.54, 1.807) is 4.90 Å². The fraction of sp³-hybridized carbons (Fsp3) is 0.375. The van der Waals surface area contributed by atoms with E-state index in [0.717, 1.165) is 12.1 Å². The van der Waals surface area contributed by atoms with Gasteiger partial charge in [0.1, 0.15) is 5.82 Å². The number of sulfone groups is 1. The second-order valence-electron chi connectivity index (χ2n) is 5.93. The summed E-state index contributed by atoms with van der Waals surface area (Å²) in [5.41, 5.74) is -0.264. The topological polar surface area (TPSA) is 75.2 Å². The Labute approximate surface area is 149 Å². The summed E-state index contributed by atoms with van der Waals surface area (Å²) in [4.78, 5) is 10.2. The van der Waals surface area contributed by atoms with Gasteiger partial charge in [0.25, 0.3) is 0 Å². The van der Waals surface area contributed by atoms with Gasteiger partial charge in [0.2, 0.25) is 5.95 Å². The Morgan fingerprint density at radius 1 is 1.23 bits per heavy atom. The summed E-state index contributed by atoms with van der Waals surface area (Å²) >= 11 is 0. The summed E-state index contributed by atoms with van der Waals surface area (Å²) in [6, 6.07) is 3.09. The first-order chi connectivity index (χ1) is 12.3. The second-order valence-corrected chi connectivity index (χ2v) is 8.16. The number of aromatic nitrogens is 2. The summed E-state index contributed by atoms with van der Waals surface area (Å²) < 4.78 is 63.6. The number of halogens is 3. The number of nitrogens with zero attached hydrogens (tertiary/aromatic N) is 3. The van der Waals surface area contributed by atoms with Gasteiger partial charge in [-0.3, -0.25) is 0 Å². The molecule has 1 unspecified atom stereocenters. The number of rotatable bonds is 5. The molecule has 26 heavy (non-hydrogen) atoms. The average Bonchev–Trinajstić information content (AvgIpc) is 2.96. The highest BCUT2D eigenvalue weighted by molar-refractivity contribution is 7.91. The van der Waals surface area contributed by atoms with Crippen molar-refractivity contribution in [2.24, 2.45) is 0 Å². The van der Waals surface area contributed by atoms with E-state index >= 15 is 0 Å². The van der Waals surface area contributed by atoms with Crippen LogP contribution in [0.2, 0.25) is 0 Å². The molecule has 6 nitrogen and oxygen atoms in total. The molecule has 1 saturated heterocycles. The van der Waals surface area contributed by atoms with Crippen molar-refractivity contribution in [2.75, 3.05) is 28.3 Å². The van der Waals surface area contributed by atoms with Crippen molar-refractivity contribution in [1.82, 2.24) is 9.97 Å². The zero-order valence-corrected chi connectivity index (χ0v) is 14.7. The SMILES string of the molecule is CCN(c1nccc(Nc2ccc(F)c(F)c2F)n1)C1CCS(=O)(=O)C1. The molecular weight excluding hydrogens is 369 g/mol. The minimum absolute atomic E-state index is 0.0274. The Morgan fingerprint density at radius 2 is 2.00 bits per heavy atom. The number of hydrogen-bond donors (Lipinski definition) is 1. The molecule has 2 heterocycles. The summed E-state index contributed by atoms with van der Waals surface area (Å²) in [6.45, 7) is 2.34. The van der Waals surface area contributed by atoms with Crippen molar-refractivity contribution >= 4 is 27.3 Å². The normalized spacial score (nSPS) is 18.7. The molecule has 1 N–H and O–H groups in total. The summed E-state index contributed by atoms with van der Waals surface area (Å²) in [6.07, 6.45) is 1.91. The summed E-state index contributed by atoms with van der Waals surface area (Å²) in [5, 5.41) is 2.59. The molecule has 2 aromatic rings. The third-order valence-corrected chi connectivity index (χ3v) is 5.94. The Bertz CT molecular complexity index is 924. The first-order valence-electron chi connectivity index (χ1n) is 8.01. The van der Waals surface area contributed by atoms with Gasteiger partial charge >= 0.3 is 0 Å². The van der Waals surface area contributed by atoms with Crippen molar-refractivity contribution < 1.29 is 21.6 Å². The lowest BCUT2D eigenvalue weighted by Crippen LogP contribution is -2.37. The van der Waals surface area contributed by atoms with Gasteiger partial charge in [-0.1, -0.05) is 0 Å². The molecule has 1 atom stereocenters. The van der Waals surface area contributed by atoms with E-state index in [-0.39, 0.29) is 35.0 Å². The number of hydrogen-bond acceptors (Lipinski definition) is 6. The number of anilines is 3. The Kier molecular flexibility index (Phi) is 5.03. The maximum absolute atomic E-state index is 13.8. The van der Waals surface area contributed by atoms with E-state index in [4.69, 9.17) is 0 Å². The van der Waals surface area contributed by atoms with Crippen molar-refractivity contribution in [3.05, 3.63) is 41.8 Å². The van der Waals surface area contributed by atoms with Crippen molar-refractivity contribution in [3.63, 3.8) is 0 Å². The monoisotopic (exact) mass is 386 g/mol. The minimum Gasteiger partial charge on any atom is -0.338 e. The molecule has 3 rings (SSSR count). The van der Waals surface area contributed by atoms with Gasteiger partial charge in [-0.2, -0.15) is 4.98 Å². The lowest BCUT2D eigenvalue weighted by molar-refractivity contribution is 0.449. The number of benzene rings is 1. The standard InChI is InChI=1S/C16H17F3N4O2S/c1-2-23(10-6-8-26(24,25)9-10)16-20-7-5-13(22-16)21-12-4-3-11(17)14(18)15(12)19/h3-5,7,10H,2,6,8-9H2,1H3,(H,20,21,22). The van der Waals surface area contributed by atoms with Gasteiger partial charge in [0.05, 0.1) is 17.2 Å². The molecule has 0 bridgehead atoms. The molecule has 1 aromatic heterocycles. The molecule has 0 amide bonds. The van der Waals surface area contributed by atoms with Crippen LogP contribution >= 0.6 is 0 Å². The van der Waals surface area contributed by atoms with E-state index in [0.29, 0.717) is 13.0 Å². The van der Waals surface area contributed by atoms with Crippen LogP contribution in [-0.4, -0.2) is 42.5 Å². The molecule has 0 spiro atoms. The Hall–Kier alpha value is -2.36. The van der Waals surface area contributed by atoms with Crippen LogP contribution in [0.3, 0.4) is 0 Å². The van der Waals surface area contributed by atoms with Gasteiger partial charge in [-0.05, 0) is 31.5 Å². The first-order valence-corrected chi connectivity index (χ1v) is 9.83. The van der Waals surface area contributed by atoms with Gasteiger partial charge in [-0.15, -0.1) is 0 Å². The molecule has 1 aromatic carbocycles. The maximum Gasteiger partial charge on any atom is 0.227 e. The van der Waals surface area contributed by atoms with Crippen LogP contribution in [0.15, 0.2) is 24.4 Å². The van der Waals surface area contributed by atoms with Gasteiger partial charge in [0.15, 0.2) is 27.3 Å². The maximum atomic E-state index is 13.8. The minimum atomic E-state index is -3.07. The molecule has 140 valence electrons. The quantitative estimate of drug-likeness (QED) is 0.797. The lowest BCUT2D eigenvalue weighted by Gasteiger charge is -2.27. The van der Waals surface area contributed by atoms with E-state index in [1.807, 2.05) is 6.92 Å². The summed E-state index contributed by atoms with van der Waals surface area (Å²) in [5.74, 6) is -3.60. The first kappa shape index (κ1) is 18.4. The Balaban J connectivity index is 1.85. The van der Waals surface area contributed by atoms with E-state index in [2.05, 4.69) is 15.3 Å². The molecule has 1 aliphatic heterocycles. The molecule has 10 heteroatoms.